The summed E-state index contributed by atoms with van der Waals surface area (Å²) in [7, 11) is 1.84. The summed E-state index contributed by atoms with van der Waals surface area (Å²) in [5, 5.41) is 17.3. The normalized spacial score (nSPS) is 10.8. The molecule has 0 radical (unpaired) electrons. The zero-order valence-electron chi connectivity index (χ0n) is 20.9. The average molecular weight is 513 g/mol. The first-order chi connectivity index (χ1) is 18.2. The fraction of sp³-hybridized carbons (Fsp3) is 0.172. The van der Waals surface area contributed by atoms with E-state index in [1.54, 1.807) is 66.9 Å². The number of ketones is 1. The van der Waals surface area contributed by atoms with Crippen molar-refractivity contribution in [3.8, 4) is 5.75 Å². The number of para-hydroxylation sites is 1. The van der Waals surface area contributed by atoms with Crippen molar-refractivity contribution < 1.29 is 24.2 Å². The predicted octanol–water partition coefficient (Wildman–Crippen LogP) is 4.76. The summed E-state index contributed by atoms with van der Waals surface area (Å²) in [6.45, 7) is -0.0527. The van der Waals surface area contributed by atoms with E-state index in [-0.39, 0.29) is 36.8 Å². The van der Waals surface area contributed by atoms with E-state index in [1.165, 1.54) is 4.90 Å². The molecule has 9 heteroatoms. The van der Waals surface area contributed by atoms with Crippen LogP contribution in [0.5, 0.6) is 5.75 Å². The number of hydrogen-bond donors (Lipinski definition) is 3. The molecule has 9 nitrogen and oxygen atoms in total. The van der Waals surface area contributed by atoms with Gasteiger partial charge in [-0.05, 0) is 42.3 Å². The summed E-state index contributed by atoms with van der Waals surface area (Å²) in [6.07, 6.45) is 1.62. The third-order valence-corrected chi connectivity index (χ3v) is 6.21. The summed E-state index contributed by atoms with van der Waals surface area (Å²) in [5.41, 5.74) is 8.94. The van der Waals surface area contributed by atoms with E-state index in [9.17, 15) is 14.4 Å². The maximum absolute atomic E-state index is 13.2. The van der Waals surface area contributed by atoms with Gasteiger partial charge in [-0.25, -0.2) is 4.79 Å². The van der Waals surface area contributed by atoms with Gasteiger partial charge in [-0.2, -0.15) is 0 Å². The number of hydrogen-bond acceptors (Lipinski definition) is 5. The van der Waals surface area contributed by atoms with Crippen LogP contribution < -0.4 is 15.4 Å². The number of anilines is 1. The van der Waals surface area contributed by atoms with Crippen molar-refractivity contribution in [2.45, 2.75) is 19.3 Å². The first-order valence-electron chi connectivity index (χ1n) is 12.0. The lowest BCUT2D eigenvalue weighted by molar-refractivity contribution is -0.136. The van der Waals surface area contributed by atoms with Crippen LogP contribution in [0.3, 0.4) is 0 Å². The largest absolute Gasteiger partial charge is 0.481 e. The molecule has 38 heavy (non-hydrogen) atoms. The Bertz CT molecular complexity index is 1490. The van der Waals surface area contributed by atoms with E-state index in [2.05, 4.69) is 0 Å². The second kappa shape index (κ2) is 11.4. The molecule has 4 aromatic rings. The number of nitrogens with one attached hydrogen (secondary N) is 1. The Balaban J connectivity index is 1.52. The van der Waals surface area contributed by atoms with E-state index >= 15 is 0 Å². The van der Waals surface area contributed by atoms with E-state index in [0.717, 1.165) is 11.1 Å². The van der Waals surface area contributed by atoms with Crippen LogP contribution in [0.1, 0.15) is 34.3 Å². The van der Waals surface area contributed by atoms with E-state index in [4.69, 9.17) is 21.0 Å². The van der Waals surface area contributed by atoms with Crippen LogP contribution in [0.15, 0.2) is 79.0 Å². The fourth-order valence-corrected chi connectivity index (χ4v) is 4.20. The number of rotatable bonds is 10. The number of nitrogens with two attached hydrogens (primary N) is 1. The first-order valence-corrected chi connectivity index (χ1v) is 12.0. The molecule has 4 N–H and O–H groups in total. The zero-order valence-corrected chi connectivity index (χ0v) is 20.9. The molecule has 0 saturated carbocycles. The first kappa shape index (κ1) is 26.2. The number of fused-ring (bicyclic) bond motifs is 1. The molecule has 0 aliphatic carbocycles. The third-order valence-electron chi connectivity index (χ3n) is 6.21. The molecule has 0 atom stereocenters. The van der Waals surface area contributed by atoms with Gasteiger partial charge in [0, 0.05) is 53.9 Å². The monoisotopic (exact) mass is 512 g/mol. The molecule has 3 aromatic carbocycles. The number of carboxylic acid groups (broad SMARTS) is 1. The minimum absolute atomic E-state index is 0.00587. The SMILES string of the molecule is Cn1cc(C(=O)CCc2ccc(C(=N)N)cc2)c2cc(OC(=O)N(CCC(=O)O)c3ccccc3)ccc21. The summed E-state index contributed by atoms with van der Waals surface area (Å²) in [4.78, 5) is 38.6. The van der Waals surface area contributed by atoms with Crippen LogP contribution >= 0.6 is 0 Å². The van der Waals surface area contributed by atoms with Gasteiger partial charge in [0.2, 0.25) is 0 Å². The lowest BCUT2D eigenvalue weighted by atomic mass is 10.0. The summed E-state index contributed by atoms with van der Waals surface area (Å²) in [5.74, 6) is -0.836. The number of aliphatic carboxylic acids is 1. The maximum Gasteiger partial charge on any atom is 0.419 e. The van der Waals surface area contributed by atoms with Gasteiger partial charge in [-0.15, -0.1) is 0 Å². The minimum atomic E-state index is -1.03. The number of aromatic nitrogens is 1. The van der Waals surface area contributed by atoms with Crippen LogP contribution in [0.4, 0.5) is 10.5 Å². The molecule has 0 bridgehead atoms. The molecule has 0 saturated heterocycles. The number of amidine groups is 1. The molecule has 1 heterocycles. The molecular weight excluding hydrogens is 484 g/mol. The van der Waals surface area contributed by atoms with E-state index < -0.39 is 12.1 Å². The molecule has 0 aliphatic rings. The summed E-state index contributed by atoms with van der Waals surface area (Å²) in [6, 6.07) is 21.0. The Hall–Kier alpha value is -4.92. The highest BCUT2D eigenvalue weighted by molar-refractivity contribution is 6.08. The Kier molecular flexibility index (Phi) is 7.86. The number of benzene rings is 3. The highest BCUT2D eigenvalue weighted by Crippen LogP contribution is 2.28. The Morgan fingerprint density at radius 3 is 2.37 bits per heavy atom. The van der Waals surface area contributed by atoms with Crippen molar-refractivity contribution in [2.24, 2.45) is 12.8 Å². The van der Waals surface area contributed by atoms with Crippen LogP contribution in [0.25, 0.3) is 10.9 Å². The molecule has 4 rings (SSSR count). The fourth-order valence-electron chi connectivity index (χ4n) is 4.20. The molecule has 0 aliphatic heterocycles. The number of ether oxygens (including phenoxy) is 1. The van der Waals surface area contributed by atoms with Crippen LogP contribution in [-0.2, 0) is 18.3 Å². The Morgan fingerprint density at radius 1 is 1.00 bits per heavy atom. The quantitative estimate of drug-likeness (QED) is 0.159. The smallest absolute Gasteiger partial charge is 0.419 e. The van der Waals surface area contributed by atoms with Crippen LogP contribution in [0, 0.1) is 5.41 Å². The van der Waals surface area contributed by atoms with Crippen molar-refractivity contribution in [1.82, 2.24) is 4.57 Å². The Morgan fingerprint density at radius 2 is 1.71 bits per heavy atom. The number of carbonyl (C=O) groups excluding carboxylic acids is 2. The van der Waals surface area contributed by atoms with Crippen molar-refractivity contribution in [2.75, 3.05) is 11.4 Å². The summed E-state index contributed by atoms with van der Waals surface area (Å²) >= 11 is 0. The lowest BCUT2D eigenvalue weighted by Crippen LogP contribution is -2.35. The molecule has 1 aromatic heterocycles. The average Bonchev–Trinajstić information content (AvgIpc) is 3.23. The van der Waals surface area contributed by atoms with Crippen molar-refractivity contribution in [3.05, 3.63) is 95.7 Å². The third kappa shape index (κ3) is 6.07. The number of aryl methyl sites for hydroxylation is 2. The van der Waals surface area contributed by atoms with E-state index in [0.29, 0.717) is 28.6 Å². The molecular formula is C29H28N4O5. The number of nitrogen functional groups attached to an aromatic ring is 1. The van der Waals surface area contributed by atoms with Gasteiger partial charge in [-0.1, -0.05) is 42.5 Å². The van der Waals surface area contributed by atoms with Crippen molar-refractivity contribution in [1.29, 1.82) is 5.41 Å². The van der Waals surface area contributed by atoms with Gasteiger partial charge >= 0.3 is 12.1 Å². The van der Waals surface area contributed by atoms with Crippen molar-refractivity contribution in [3.63, 3.8) is 0 Å². The minimum Gasteiger partial charge on any atom is -0.481 e. The topological polar surface area (TPSA) is 139 Å². The summed E-state index contributed by atoms with van der Waals surface area (Å²) < 4.78 is 7.47. The highest BCUT2D eigenvalue weighted by atomic mass is 16.6. The molecule has 194 valence electrons. The highest BCUT2D eigenvalue weighted by Gasteiger charge is 2.21. The van der Waals surface area contributed by atoms with Gasteiger partial charge in [0.05, 0.1) is 6.42 Å². The van der Waals surface area contributed by atoms with Crippen LogP contribution in [0.2, 0.25) is 0 Å². The van der Waals surface area contributed by atoms with Crippen LogP contribution in [-0.4, -0.2) is 39.9 Å². The standard InChI is InChI=1S/C29H28N4O5/c1-32-18-24(26(34)14-9-19-7-10-20(11-8-19)28(30)31)23-17-22(12-13-25(23)32)38-29(37)33(16-15-27(35)36)21-5-3-2-4-6-21/h2-8,10-13,17-18H,9,14-16H2,1H3,(H3,30,31)(H,35,36). The number of carbonyl (C=O) groups is 3. The molecule has 0 unspecified atom stereocenters. The lowest BCUT2D eigenvalue weighted by Gasteiger charge is -2.21. The van der Waals surface area contributed by atoms with Gasteiger partial charge in [-0.3, -0.25) is 19.9 Å². The molecule has 1 amide bonds. The number of carboxylic acids is 1. The zero-order chi connectivity index (χ0) is 27.2. The second-order valence-corrected chi connectivity index (χ2v) is 8.87. The Labute approximate surface area is 219 Å². The molecule has 0 fully saturated rings. The predicted molar refractivity (Wildman–Crippen MR) is 145 cm³/mol. The molecule has 0 spiro atoms. The van der Waals surface area contributed by atoms with Crippen molar-refractivity contribution >= 4 is 40.3 Å². The van der Waals surface area contributed by atoms with E-state index in [1.807, 2.05) is 23.7 Å². The van der Waals surface area contributed by atoms with Gasteiger partial charge < -0.3 is 20.1 Å². The second-order valence-electron chi connectivity index (χ2n) is 8.87. The number of nitrogens with zero attached hydrogens (tertiary/aromatic N) is 2. The number of amides is 1. The van der Waals surface area contributed by atoms with Gasteiger partial charge in [0.1, 0.15) is 11.6 Å². The van der Waals surface area contributed by atoms with Gasteiger partial charge in [0.25, 0.3) is 0 Å². The number of Topliss-reactive ketones (excluding diaryl/α,β-unsaturated/α-hetero) is 1. The van der Waals surface area contributed by atoms with Gasteiger partial charge in [0.15, 0.2) is 5.78 Å². The maximum atomic E-state index is 13.2.